The van der Waals surface area contributed by atoms with Gasteiger partial charge in [-0.05, 0) is 18.6 Å². The molecule has 0 spiro atoms. The molecule has 0 fully saturated rings. The summed E-state index contributed by atoms with van der Waals surface area (Å²) in [4.78, 5) is 10.4. The molecule has 5 N–H and O–H groups in total. The summed E-state index contributed by atoms with van der Waals surface area (Å²) in [6, 6.07) is -0.0591. The molecule has 0 heterocycles. The number of nitrogens with two attached hydrogens (primary N) is 1. The maximum atomic E-state index is 12.8. The summed E-state index contributed by atoms with van der Waals surface area (Å²) in [5.74, 6) is -2.94. The number of aromatic hydroxyl groups is 2. The lowest BCUT2D eigenvalue weighted by molar-refractivity contribution is -0.138. The molecule has 0 aliphatic rings. The van der Waals surface area contributed by atoms with E-state index in [1.165, 1.54) is 0 Å². The summed E-state index contributed by atoms with van der Waals surface area (Å²) >= 11 is 0. The van der Waals surface area contributed by atoms with Crippen LogP contribution >= 0.6 is 0 Å². The fraction of sp³-hybridized carbons (Fsp3) is 0.364. The molecule has 1 atom stereocenters. The maximum absolute atomic E-state index is 12.8. The van der Waals surface area contributed by atoms with Crippen molar-refractivity contribution in [1.82, 2.24) is 0 Å². The smallest absolute Gasteiger partial charge is 0.416 e. The van der Waals surface area contributed by atoms with E-state index in [0.717, 1.165) is 0 Å². The third kappa shape index (κ3) is 3.50. The zero-order valence-corrected chi connectivity index (χ0v) is 9.61. The lowest BCUT2D eigenvalue weighted by Gasteiger charge is -2.19. The Balaban J connectivity index is 3.22. The number of rotatable bonds is 4. The lowest BCUT2D eigenvalue weighted by Crippen LogP contribution is -2.18. The van der Waals surface area contributed by atoms with Gasteiger partial charge in [-0.25, -0.2) is 0 Å². The van der Waals surface area contributed by atoms with E-state index in [-0.39, 0.29) is 6.42 Å². The van der Waals surface area contributed by atoms with E-state index >= 15 is 0 Å². The molecule has 1 aromatic carbocycles. The zero-order chi connectivity index (χ0) is 14.8. The van der Waals surface area contributed by atoms with Gasteiger partial charge in [-0.15, -0.1) is 0 Å². The van der Waals surface area contributed by atoms with Crippen molar-refractivity contribution < 1.29 is 33.3 Å². The highest BCUT2D eigenvalue weighted by Gasteiger charge is 2.37. The summed E-state index contributed by atoms with van der Waals surface area (Å²) in [6.45, 7) is 0. The second kappa shape index (κ2) is 5.35. The molecule has 5 nitrogen and oxygen atoms in total. The minimum Gasteiger partial charge on any atom is -0.504 e. The molecule has 0 aliphatic carbocycles. The molecule has 0 aliphatic heterocycles. The second-order valence-corrected chi connectivity index (χ2v) is 3.93. The molecule has 106 valence electrons. The molecule has 0 amide bonds. The molecule has 0 bridgehead atoms. The molecule has 0 radical (unpaired) electrons. The van der Waals surface area contributed by atoms with Crippen LogP contribution in [0, 0.1) is 0 Å². The lowest BCUT2D eigenvalue weighted by atomic mass is 9.95. The Morgan fingerprint density at radius 2 is 1.89 bits per heavy atom. The van der Waals surface area contributed by atoms with Gasteiger partial charge in [0.2, 0.25) is 0 Å². The third-order valence-electron chi connectivity index (χ3n) is 2.54. The maximum Gasteiger partial charge on any atom is 0.416 e. The number of phenols is 2. The van der Waals surface area contributed by atoms with Crippen molar-refractivity contribution in [3.05, 3.63) is 23.3 Å². The van der Waals surface area contributed by atoms with Crippen LogP contribution in [-0.4, -0.2) is 21.3 Å². The quantitative estimate of drug-likeness (QED) is 0.631. The standard InChI is InChI=1S/C11H12F3NO4/c12-11(13,14)5-1-3-7(16)10(19)9(5)6(15)2-4-8(17)18/h1,3,6,16,19H,2,4,15H2,(H,17,18). The van der Waals surface area contributed by atoms with Crippen molar-refractivity contribution in [2.75, 3.05) is 0 Å². The number of benzene rings is 1. The van der Waals surface area contributed by atoms with Gasteiger partial charge in [0.15, 0.2) is 11.5 Å². The molecule has 1 rings (SSSR count). The van der Waals surface area contributed by atoms with E-state index in [1.54, 1.807) is 0 Å². The third-order valence-corrected chi connectivity index (χ3v) is 2.54. The van der Waals surface area contributed by atoms with E-state index in [4.69, 9.17) is 10.8 Å². The normalized spacial score (nSPS) is 13.3. The predicted molar refractivity (Wildman–Crippen MR) is 58.6 cm³/mol. The Hall–Kier alpha value is -1.96. The number of carbonyl (C=O) groups is 1. The minimum absolute atomic E-state index is 0.296. The van der Waals surface area contributed by atoms with Gasteiger partial charge in [0, 0.05) is 18.0 Å². The van der Waals surface area contributed by atoms with Gasteiger partial charge in [-0.1, -0.05) is 0 Å². The molecule has 0 saturated heterocycles. The summed E-state index contributed by atoms with van der Waals surface area (Å²) in [5, 5.41) is 27.2. The van der Waals surface area contributed by atoms with Crippen molar-refractivity contribution in [2.24, 2.45) is 5.73 Å². The predicted octanol–water partition coefficient (Wildman–Crippen LogP) is 1.98. The van der Waals surface area contributed by atoms with E-state index in [9.17, 15) is 28.2 Å². The molecule has 1 aromatic rings. The van der Waals surface area contributed by atoms with Crippen LogP contribution in [0.25, 0.3) is 0 Å². The minimum atomic E-state index is -4.76. The van der Waals surface area contributed by atoms with Crippen LogP contribution in [0.1, 0.15) is 30.0 Å². The topological polar surface area (TPSA) is 104 Å². The number of hydrogen-bond acceptors (Lipinski definition) is 4. The first-order valence-corrected chi connectivity index (χ1v) is 5.24. The molecule has 0 aromatic heterocycles. The van der Waals surface area contributed by atoms with Crippen molar-refractivity contribution in [3.63, 3.8) is 0 Å². The van der Waals surface area contributed by atoms with Gasteiger partial charge in [0.05, 0.1) is 5.56 Å². The van der Waals surface area contributed by atoms with Gasteiger partial charge >= 0.3 is 12.1 Å². The summed E-state index contributed by atoms with van der Waals surface area (Å²) < 4.78 is 38.3. The fourth-order valence-corrected chi connectivity index (χ4v) is 1.64. The first-order chi connectivity index (χ1) is 8.64. The Kier molecular flexibility index (Phi) is 4.25. The van der Waals surface area contributed by atoms with Crippen LogP contribution in [0.2, 0.25) is 0 Å². The Bertz CT molecular complexity index is 488. The monoisotopic (exact) mass is 279 g/mol. The molecule has 0 saturated carbocycles. The molecule has 8 heteroatoms. The Labute approximate surface area is 106 Å². The number of phenolic OH excluding ortho intramolecular Hbond substituents is 2. The van der Waals surface area contributed by atoms with Crippen molar-refractivity contribution in [1.29, 1.82) is 0 Å². The average Bonchev–Trinajstić information content (AvgIpc) is 2.27. The van der Waals surface area contributed by atoms with Crippen LogP contribution in [0.15, 0.2) is 12.1 Å². The first kappa shape index (κ1) is 15.1. The largest absolute Gasteiger partial charge is 0.504 e. The average molecular weight is 279 g/mol. The summed E-state index contributed by atoms with van der Waals surface area (Å²) in [7, 11) is 0. The summed E-state index contributed by atoms with van der Waals surface area (Å²) in [6.07, 6.45) is -5.51. The number of carboxylic acid groups (broad SMARTS) is 1. The van der Waals surface area contributed by atoms with E-state index in [1.807, 2.05) is 0 Å². The van der Waals surface area contributed by atoms with Crippen molar-refractivity contribution >= 4 is 5.97 Å². The van der Waals surface area contributed by atoms with Crippen molar-refractivity contribution in [3.8, 4) is 11.5 Å². The van der Waals surface area contributed by atoms with Gasteiger partial charge in [0.1, 0.15) is 0 Å². The second-order valence-electron chi connectivity index (χ2n) is 3.93. The Morgan fingerprint density at radius 3 is 2.37 bits per heavy atom. The number of halogens is 3. The van der Waals surface area contributed by atoms with Crippen LogP contribution in [-0.2, 0) is 11.0 Å². The first-order valence-electron chi connectivity index (χ1n) is 5.24. The highest BCUT2D eigenvalue weighted by molar-refractivity contribution is 5.66. The van der Waals surface area contributed by atoms with Crippen LogP contribution in [0.4, 0.5) is 13.2 Å². The van der Waals surface area contributed by atoms with Crippen molar-refractivity contribution in [2.45, 2.75) is 25.1 Å². The molecular weight excluding hydrogens is 267 g/mol. The van der Waals surface area contributed by atoms with Gasteiger partial charge in [0.25, 0.3) is 0 Å². The molecule has 1 unspecified atom stereocenters. The van der Waals surface area contributed by atoms with Gasteiger partial charge < -0.3 is 21.1 Å². The molecule has 19 heavy (non-hydrogen) atoms. The number of carboxylic acids is 1. The van der Waals surface area contributed by atoms with Crippen LogP contribution < -0.4 is 5.73 Å². The highest BCUT2D eigenvalue weighted by Crippen LogP contribution is 2.43. The van der Waals surface area contributed by atoms with E-state index < -0.39 is 47.2 Å². The van der Waals surface area contributed by atoms with E-state index in [0.29, 0.717) is 12.1 Å². The Morgan fingerprint density at radius 1 is 1.32 bits per heavy atom. The number of alkyl halides is 3. The van der Waals surface area contributed by atoms with Gasteiger partial charge in [-0.3, -0.25) is 4.79 Å². The highest BCUT2D eigenvalue weighted by atomic mass is 19.4. The fourth-order valence-electron chi connectivity index (χ4n) is 1.64. The number of hydrogen-bond donors (Lipinski definition) is 4. The number of aliphatic carboxylic acids is 1. The van der Waals surface area contributed by atoms with E-state index in [2.05, 4.69) is 0 Å². The summed E-state index contributed by atoms with van der Waals surface area (Å²) in [5.41, 5.74) is 3.58. The zero-order valence-electron chi connectivity index (χ0n) is 9.61. The van der Waals surface area contributed by atoms with Gasteiger partial charge in [-0.2, -0.15) is 13.2 Å². The molecular formula is C11H12F3NO4. The van der Waals surface area contributed by atoms with Crippen LogP contribution in [0.5, 0.6) is 11.5 Å². The van der Waals surface area contributed by atoms with Crippen LogP contribution in [0.3, 0.4) is 0 Å². The SMILES string of the molecule is NC(CCC(=O)O)c1c(C(F)(F)F)ccc(O)c1O.